The maximum absolute atomic E-state index is 5.21. The Morgan fingerprint density at radius 1 is 1.00 bits per heavy atom. The minimum Gasteiger partial charge on any atom is -0.497 e. The fourth-order valence-electron chi connectivity index (χ4n) is 2.14. The van der Waals surface area contributed by atoms with E-state index in [1.54, 1.807) is 13.3 Å². The third-order valence-electron chi connectivity index (χ3n) is 3.30. The standard InChI is InChI=1S/C18H18N4O/c1-23-16-9-5-8-15(12-16)21-18-19-11-10-17(22-18)20-13-14-6-3-2-4-7-14/h2-12H,13H2,1H3,(H2,19,20,21,22). The van der Waals surface area contributed by atoms with Crippen LogP contribution in [0.15, 0.2) is 66.9 Å². The normalized spacial score (nSPS) is 10.1. The van der Waals surface area contributed by atoms with Gasteiger partial charge < -0.3 is 15.4 Å². The van der Waals surface area contributed by atoms with Crippen LogP contribution in [0.2, 0.25) is 0 Å². The van der Waals surface area contributed by atoms with Gasteiger partial charge in [0.2, 0.25) is 5.95 Å². The van der Waals surface area contributed by atoms with E-state index < -0.39 is 0 Å². The highest BCUT2D eigenvalue weighted by Gasteiger charge is 2.01. The molecule has 0 aliphatic heterocycles. The second-order valence-corrected chi connectivity index (χ2v) is 4.96. The molecule has 3 aromatic rings. The zero-order valence-electron chi connectivity index (χ0n) is 12.9. The summed E-state index contributed by atoms with van der Waals surface area (Å²) in [7, 11) is 1.64. The molecule has 1 aromatic heterocycles. The number of anilines is 3. The summed E-state index contributed by atoms with van der Waals surface area (Å²) >= 11 is 0. The van der Waals surface area contributed by atoms with Crippen LogP contribution >= 0.6 is 0 Å². The van der Waals surface area contributed by atoms with Crippen molar-refractivity contribution in [2.45, 2.75) is 6.54 Å². The van der Waals surface area contributed by atoms with Crippen LogP contribution in [0.4, 0.5) is 17.5 Å². The van der Waals surface area contributed by atoms with E-state index >= 15 is 0 Å². The van der Waals surface area contributed by atoms with Crippen LogP contribution in [0, 0.1) is 0 Å². The lowest BCUT2D eigenvalue weighted by molar-refractivity contribution is 0.415. The topological polar surface area (TPSA) is 59.1 Å². The van der Waals surface area contributed by atoms with Gasteiger partial charge in [0.25, 0.3) is 0 Å². The molecule has 23 heavy (non-hydrogen) atoms. The molecule has 0 radical (unpaired) electrons. The molecule has 116 valence electrons. The van der Waals surface area contributed by atoms with Gasteiger partial charge in [-0.2, -0.15) is 4.98 Å². The molecule has 2 aromatic carbocycles. The zero-order chi connectivity index (χ0) is 15.9. The fourth-order valence-corrected chi connectivity index (χ4v) is 2.14. The highest BCUT2D eigenvalue weighted by Crippen LogP contribution is 2.19. The number of hydrogen-bond donors (Lipinski definition) is 2. The summed E-state index contributed by atoms with van der Waals surface area (Å²) in [4.78, 5) is 8.71. The Kier molecular flexibility index (Phi) is 4.69. The summed E-state index contributed by atoms with van der Waals surface area (Å²) in [5, 5.41) is 6.47. The number of nitrogens with one attached hydrogen (secondary N) is 2. The molecule has 0 aliphatic rings. The number of aromatic nitrogens is 2. The summed E-state index contributed by atoms with van der Waals surface area (Å²) in [6.07, 6.45) is 1.73. The van der Waals surface area contributed by atoms with Gasteiger partial charge in [-0.05, 0) is 23.8 Å². The molecule has 0 saturated heterocycles. The van der Waals surface area contributed by atoms with Crippen LogP contribution in [0.1, 0.15) is 5.56 Å². The molecule has 0 spiro atoms. The van der Waals surface area contributed by atoms with Crippen molar-refractivity contribution in [3.05, 3.63) is 72.4 Å². The van der Waals surface area contributed by atoms with Crippen molar-refractivity contribution < 1.29 is 4.74 Å². The molecular weight excluding hydrogens is 288 g/mol. The van der Waals surface area contributed by atoms with E-state index in [0.29, 0.717) is 5.95 Å². The van der Waals surface area contributed by atoms with E-state index in [9.17, 15) is 0 Å². The average molecular weight is 306 g/mol. The average Bonchev–Trinajstić information content (AvgIpc) is 2.61. The molecule has 0 aliphatic carbocycles. The molecule has 1 heterocycles. The monoisotopic (exact) mass is 306 g/mol. The lowest BCUT2D eigenvalue weighted by atomic mass is 10.2. The minimum atomic E-state index is 0.538. The maximum Gasteiger partial charge on any atom is 0.229 e. The number of nitrogens with zero attached hydrogens (tertiary/aromatic N) is 2. The van der Waals surface area contributed by atoms with Crippen LogP contribution in [0.5, 0.6) is 5.75 Å². The summed E-state index contributed by atoms with van der Waals surface area (Å²) in [6.45, 7) is 0.719. The van der Waals surface area contributed by atoms with Crippen LogP contribution < -0.4 is 15.4 Å². The van der Waals surface area contributed by atoms with Gasteiger partial charge in [-0.15, -0.1) is 0 Å². The van der Waals surface area contributed by atoms with Gasteiger partial charge in [0.05, 0.1) is 7.11 Å². The molecular formula is C18H18N4O. The van der Waals surface area contributed by atoms with Gasteiger partial charge in [0, 0.05) is 24.5 Å². The molecule has 0 amide bonds. The van der Waals surface area contributed by atoms with E-state index in [0.717, 1.165) is 23.8 Å². The number of hydrogen-bond acceptors (Lipinski definition) is 5. The lowest BCUT2D eigenvalue weighted by Crippen LogP contribution is -2.04. The van der Waals surface area contributed by atoms with Gasteiger partial charge in [-0.25, -0.2) is 4.98 Å². The fraction of sp³-hybridized carbons (Fsp3) is 0.111. The minimum absolute atomic E-state index is 0.538. The Hall–Kier alpha value is -3.08. The van der Waals surface area contributed by atoms with E-state index in [2.05, 4.69) is 32.7 Å². The summed E-state index contributed by atoms with van der Waals surface area (Å²) in [5.41, 5.74) is 2.08. The van der Waals surface area contributed by atoms with Gasteiger partial charge in [-0.3, -0.25) is 0 Å². The largest absolute Gasteiger partial charge is 0.497 e. The third kappa shape index (κ3) is 4.20. The second-order valence-electron chi connectivity index (χ2n) is 4.96. The SMILES string of the molecule is COc1cccc(Nc2nccc(NCc3ccccc3)n2)c1. The Morgan fingerprint density at radius 2 is 1.87 bits per heavy atom. The van der Waals surface area contributed by atoms with Gasteiger partial charge in [0.15, 0.2) is 0 Å². The summed E-state index contributed by atoms with van der Waals surface area (Å²) < 4.78 is 5.21. The smallest absolute Gasteiger partial charge is 0.229 e. The second kappa shape index (κ2) is 7.26. The summed E-state index contributed by atoms with van der Waals surface area (Å²) in [6, 6.07) is 19.7. The first-order valence-electron chi connectivity index (χ1n) is 7.35. The van der Waals surface area contributed by atoms with Gasteiger partial charge in [0.1, 0.15) is 11.6 Å². The molecule has 5 nitrogen and oxygen atoms in total. The van der Waals surface area contributed by atoms with Crippen molar-refractivity contribution >= 4 is 17.5 Å². The molecule has 2 N–H and O–H groups in total. The summed E-state index contributed by atoms with van der Waals surface area (Å²) in [5.74, 6) is 2.10. The number of rotatable bonds is 6. The highest BCUT2D eigenvalue weighted by atomic mass is 16.5. The van der Waals surface area contributed by atoms with Crippen molar-refractivity contribution in [2.24, 2.45) is 0 Å². The molecule has 0 unspecified atom stereocenters. The highest BCUT2D eigenvalue weighted by molar-refractivity contribution is 5.56. The first-order chi connectivity index (χ1) is 11.3. The van der Waals surface area contributed by atoms with Gasteiger partial charge >= 0.3 is 0 Å². The van der Waals surface area contributed by atoms with Crippen LogP contribution in [-0.2, 0) is 6.54 Å². The van der Waals surface area contributed by atoms with Crippen molar-refractivity contribution in [3.63, 3.8) is 0 Å². The van der Waals surface area contributed by atoms with Crippen LogP contribution in [0.3, 0.4) is 0 Å². The predicted molar refractivity (Wildman–Crippen MR) is 92.1 cm³/mol. The lowest BCUT2D eigenvalue weighted by Gasteiger charge is -2.09. The first kappa shape index (κ1) is 14.8. The van der Waals surface area contributed by atoms with E-state index in [1.165, 1.54) is 5.56 Å². The Balaban J connectivity index is 1.67. The number of benzene rings is 2. The zero-order valence-corrected chi connectivity index (χ0v) is 12.9. The van der Waals surface area contributed by atoms with Crippen molar-refractivity contribution in [1.29, 1.82) is 0 Å². The predicted octanol–water partition coefficient (Wildman–Crippen LogP) is 3.84. The van der Waals surface area contributed by atoms with Crippen molar-refractivity contribution in [1.82, 2.24) is 9.97 Å². The maximum atomic E-state index is 5.21. The number of methoxy groups -OCH3 is 1. The van der Waals surface area contributed by atoms with Crippen molar-refractivity contribution in [2.75, 3.05) is 17.7 Å². The van der Waals surface area contributed by atoms with E-state index in [4.69, 9.17) is 4.74 Å². The molecule has 0 saturated carbocycles. The molecule has 0 bridgehead atoms. The third-order valence-corrected chi connectivity index (χ3v) is 3.30. The van der Waals surface area contributed by atoms with E-state index in [1.807, 2.05) is 48.5 Å². The molecule has 0 atom stereocenters. The molecule has 0 fully saturated rings. The Morgan fingerprint density at radius 3 is 2.70 bits per heavy atom. The van der Waals surface area contributed by atoms with E-state index in [-0.39, 0.29) is 0 Å². The van der Waals surface area contributed by atoms with Crippen LogP contribution in [0.25, 0.3) is 0 Å². The Labute approximate surface area is 135 Å². The molecule has 5 heteroatoms. The van der Waals surface area contributed by atoms with Crippen molar-refractivity contribution in [3.8, 4) is 5.75 Å². The van der Waals surface area contributed by atoms with Gasteiger partial charge in [-0.1, -0.05) is 36.4 Å². The number of ether oxygens (including phenoxy) is 1. The quantitative estimate of drug-likeness (QED) is 0.724. The Bertz CT molecular complexity index is 762. The molecule has 3 rings (SSSR count). The van der Waals surface area contributed by atoms with Crippen LogP contribution in [-0.4, -0.2) is 17.1 Å². The first-order valence-corrected chi connectivity index (χ1v) is 7.35.